The third-order valence-corrected chi connectivity index (χ3v) is 5.20. The quantitative estimate of drug-likeness (QED) is 0.908. The standard InChI is InChI=1S/C15H24N4OS/c1-12-17-14(11-21-12)10-18-5-7-19(8-6-18)15(20)13-3-2-4-16-9-13/h11,13,16H,2-10H2,1H3. The molecule has 6 heteroatoms. The molecule has 116 valence electrons. The van der Waals surface area contributed by atoms with Crippen molar-refractivity contribution in [2.45, 2.75) is 26.3 Å². The van der Waals surface area contributed by atoms with E-state index in [0.29, 0.717) is 5.91 Å². The number of aryl methyl sites for hydroxylation is 1. The number of carbonyl (C=O) groups is 1. The minimum absolute atomic E-state index is 0.200. The second kappa shape index (κ2) is 6.85. The van der Waals surface area contributed by atoms with Gasteiger partial charge in [-0.1, -0.05) is 0 Å². The highest BCUT2D eigenvalue weighted by Gasteiger charge is 2.28. The molecule has 3 heterocycles. The van der Waals surface area contributed by atoms with E-state index in [0.717, 1.165) is 69.4 Å². The molecule has 2 fully saturated rings. The Kier molecular flexibility index (Phi) is 4.87. The van der Waals surface area contributed by atoms with Crippen molar-refractivity contribution in [1.29, 1.82) is 0 Å². The van der Waals surface area contributed by atoms with E-state index in [9.17, 15) is 4.79 Å². The predicted molar refractivity (Wildman–Crippen MR) is 84.3 cm³/mol. The van der Waals surface area contributed by atoms with Crippen LogP contribution in [0.4, 0.5) is 0 Å². The molecular weight excluding hydrogens is 284 g/mol. The van der Waals surface area contributed by atoms with Gasteiger partial charge in [0.2, 0.25) is 5.91 Å². The zero-order valence-corrected chi connectivity index (χ0v) is 13.5. The Balaban J connectivity index is 1.47. The van der Waals surface area contributed by atoms with E-state index in [4.69, 9.17) is 0 Å². The number of nitrogens with one attached hydrogen (secondary N) is 1. The molecule has 0 saturated carbocycles. The van der Waals surface area contributed by atoms with Gasteiger partial charge in [-0.15, -0.1) is 11.3 Å². The van der Waals surface area contributed by atoms with E-state index in [-0.39, 0.29) is 5.92 Å². The highest BCUT2D eigenvalue weighted by atomic mass is 32.1. The van der Waals surface area contributed by atoms with Gasteiger partial charge in [0.1, 0.15) is 0 Å². The lowest BCUT2D eigenvalue weighted by Gasteiger charge is -2.37. The zero-order valence-electron chi connectivity index (χ0n) is 12.7. The molecule has 2 aliphatic rings. The van der Waals surface area contributed by atoms with E-state index in [1.54, 1.807) is 11.3 Å². The average molecular weight is 308 g/mol. The molecule has 0 aromatic carbocycles. The predicted octanol–water partition coefficient (Wildman–Crippen LogP) is 1.10. The zero-order chi connectivity index (χ0) is 14.7. The first-order valence-electron chi connectivity index (χ1n) is 7.85. The van der Waals surface area contributed by atoms with Crippen molar-refractivity contribution in [2.75, 3.05) is 39.3 Å². The Hall–Kier alpha value is -0.980. The van der Waals surface area contributed by atoms with Gasteiger partial charge >= 0.3 is 0 Å². The van der Waals surface area contributed by atoms with Gasteiger partial charge in [0.25, 0.3) is 0 Å². The fourth-order valence-electron chi connectivity index (χ4n) is 3.16. The molecule has 0 aliphatic carbocycles. The molecule has 3 rings (SSSR count). The second-order valence-electron chi connectivity index (χ2n) is 6.00. The number of thiazole rings is 1. The van der Waals surface area contributed by atoms with E-state index in [1.807, 2.05) is 6.92 Å². The maximum Gasteiger partial charge on any atom is 0.227 e. The summed E-state index contributed by atoms with van der Waals surface area (Å²) in [6.45, 7) is 8.52. The molecule has 1 amide bonds. The van der Waals surface area contributed by atoms with Gasteiger partial charge in [-0.3, -0.25) is 9.69 Å². The Labute approximate surface area is 130 Å². The highest BCUT2D eigenvalue weighted by molar-refractivity contribution is 7.09. The number of hydrogen-bond acceptors (Lipinski definition) is 5. The van der Waals surface area contributed by atoms with Gasteiger partial charge in [0.15, 0.2) is 0 Å². The lowest BCUT2D eigenvalue weighted by atomic mass is 9.98. The van der Waals surface area contributed by atoms with Crippen LogP contribution in [0.3, 0.4) is 0 Å². The number of piperidine rings is 1. The van der Waals surface area contributed by atoms with Gasteiger partial charge < -0.3 is 10.2 Å². The Bertz CT molecular complexity index is 476. The van der Waals surface area contributed by atoms with Gasteiger partial charge in [-0.2, -0.15) is 0 Å². The maximum atomic E-state index is 12.5. The molecule has 1 aromatic heterocycles. The van der Waals surface area contributed by atoms with Crippen LogP contribution in [0.2, 0.25) is 0 Å². The van der Waals surface area contributed by atoms with Crippen molar-refractivity contribution >= 4 is 17.2 Å². The number of aromatic nitrogens is 1. The largest absolute Gasteiger partial charge is 0.340 e. The van der Waals surface area contributed by atoms with Crippen LogP contribution in [-0.4, -0.2) is 60.0 Å². The first-order valence-corrected chi connectivity index (χ1v) is 8.73. The lowest BCUT2D eigenvalue weighted by molar-refractivity contribution is -0.137. The van der Waals surface area contributed by atoms with Crippen molar-refractivity contribution in [3.05, 3.63) is 16.1 Å². The van der Waals surface area contributed by atoms with Gasteiger partial charge in [0, 0.05) is 44.6 Å². The number of rotatable bonds is 3. The molecule has 1 unspecified atom stereocenters. The number of nitrogens with zero attached hydrogens (tertiary/aromatic N) is 3. The van der Waals surface area contributed by atoms with E-state index in [2.05, 4.69) is 25.5 Å². The summed E-state index contributed by atoms with van der Waals surface area (Å²) in [6.07, 6.45) is 2.17. The Morgan fingerprint density at radius 2 is 2.24 bits per heavy atom. The van der Waals surface area contributed by atoms with Crippen molar-refractivity contribution in [3.63, 3.8) is 0 Å². The van der Waals surface area contributed by atoms with E-state index in [1.165, 1.54) is 0 Å². The molecule has 2 saturated heterocycles. The summed E-state index contributed by atoms with van der Waals surface area (Å²) in [7, 11) is 0. The minimum atomic E-state index is 0.200. The molecule has 0 bridgehead atoms. The van der Waals surface area contributed by atoms with Crippen LogP contribution in [0.25, 0.3) is 0 Å². The number of carbonyl (C=O) groups excluding carboxylic acids is 1. The third kappa shape index (κ3) is 3.81. The molecule has 21 heavy (non-hydrogen) atoms. The van der Waals surface area contributed by atoms with Crippen molar-refractivity contribution in [2.24, 2.45) is 5.92 Å². The van der Waals surface area contributed by atoms with E-state index >= 15 is 0 Å². The fraction of sp³-hybridized carbons (Fsp3) is 0.733. The van der Waals surface area contributed by atoms with Crippen LogP contribution in [0, 0.1) is 12.8 Å². The van der Waals surface area contributed by atoms with Crippen LogP contribution >= 0.6 is 11.3 Å². The first kappa shape index (κ1) is 14.9. The molecule has 0 radical (unpaired) electrons. The summed E-state index contributed by atoms with van der Waals surface area (Å²) in [4.78, 5) is 21.5. The lowest BCUT2D eigenvalue weighted by Crippen LogP contribution is -2.51. The van der Waals surface area contributed by atoms with E-state index < -0.39 is 0 Å². The molecule has 1 aromatic rings. The summed E-state index contributed by atoms with van der Waals surface area (Å²) >= 11 is 1.71. The number of hydrogen-bond donors (Lipinski definition) is 1. The molecule has 0 spiro atoms. The molecule has 1 atom stereocenters. The summed E-state index contributed by atoms with van der Waals surface area (Å²) in [6, 6.07) is 0. The van der Waals surface area contributed by atoms with Gasteiger partial charge in [-0.05, 0) is 26.3 Å². The Morgan fingerprint density at radius 1 is 1.43 bits per heavy atom. The number of piperazine rings is 1. The summed E-state index contributed by atoms with van der Waals surface area (Å²) in [5.74, 6) is 0.554. The maximum absolute atomic E-state index is 12.5. The normalized spacial score (nSPS) is 24.2. The van der Waals surface area contributed by atoms with Crippen LogP contribution < -0.4 is 5.32 Å². The summed E-state index contributed by atoms with van der Waals surface area (Å²) < 4.78 is 0. The van der Waals surface area contributed by atoms with Crippen molar-refractivity contribution in [3.8, 4) is 0 Å². The van der Waals surface area contributed by atoms with Crippen LogP contribution in [0.5, 0.6) is 0 Å². The molecule has 2 aliphatic heterocycles. The van der Waals surface area contributed by atoms with Gasteiger partial charge in [0.05, 0.1) is 16.6 Å². The third-order valence-electron chi connectivity index (χ3n) is 4.38. The monoisotopic (exact) mass is 308 g/mol. The van der Waals surface area contributed by atoms with Crippen molar-refractivity contribution in [1.82, 2.24) is 20.1 Å². The van der Waals surface area contributed by atoms with Crippen LogP contribution in [-0.2, 0) is 11.3 Å². The Morgan fingerprint density at radius 3 is 2.86 bits per heavy atom. The molecular formula is C15H24N4OS. The highest BCUT2D eigenvalue weighted by Crippen LogP contribution is 2.16. The smallest absolute Gasteiger partial charge is 0.227 e. The SMILES string of the molecule is Cc1nc(CN2CCN(C(=O)C3CCCNC3)CC2)cs1. The summed E-state index contributed by atoms with van der Waals surface area (Å²) in [5.41, 5.74) is 1.16. The van der Waals surface area contributed by atoms with Crippen LogP contribution in [0.1, 0.15) is 23.5 Å². The summed E-state index contributed by atoms with van der Waals surface area (Å²) in [5, 5.41) is 6.60. The first-order chi connectivity index (χ1) is 10.2. The second-order valence-corrected chi connectivity index (χ2v) is 7.06. The number of amides is 1. The molecule has 1 N–H and O–H groups in total. The molecule has 5 nitrogen and oxygen atoms in total. The average Bonchev–Trinajstić information content (AvgIpc) is 2.93. The van der Waals surface area contributed by atoms with Crippen molar-refractivity contribution < 1.29 is 4.79 Å². The minimum Gasteiger partial charge on any atom is -0.340 e. The topological polar surface area (TPSA) is 48.5 Å². The van der Waals surface area contributed by atoms with Gasteiger partial charge in [-0.25, -0.2) is 4.98 Å². The fourth-order valence-corrected chi connectivity index (χ4v) is 3.76. The van der Waals surface area contributed by atoms with Crippen LogP contribution in [0.15, 0.2) is 5.38 Å².